The van der Waals surface area contributed by atoms with E-state index in [0.29, 0.717) is 17.7 Å². The van der Waals surface area contributed by atoms with E-state index in [1.807, 2.05) is 13.8 Å². The van der Waals surface area contributed by atoms with Crippen molar-refractivity contribution in [3.05, 3.63) is 52.6 Å². The molecule has 0 bridgehead atoms. The van der Waals surface area contributed by atoms with Crippen LogP contribution >= 0.6 is 0 Å². The zero-order chi connectivity index (χ0) is 23.7. The zero-order valence-corrected chi connectivity index (χ0v) is 17.9. The highest BCUT2D eigenvalue weighted by atomic mass is 19.4. The number of ether oxygens (including phenoxy) is 4. The van der Waals surface area contributed by atoms with Gasteiger partial charge in [-0.15, -0.1) is 13.2 Å². The molecule has 174 valence electrons. The molecule has 1 aromatic rings. The number of nitrogens with two attached hydrogens (primary N) is 1. The van der Waals surface area contributed by atoms with E-state index in [2.05, 4.69) is 4.74 Å². The van der Waals surface area contributed by atoms with E-state index in [4.69, 9.17) is 19.9 Å². The molecule has 1 heterocycles. The van der Waals surface area contributed by atoms with Gasteiger partial charge in [-0.25, -0.2) is 4.79 Å². The topological polar surface area (TPSA) is 97.1 Å². The van der Waals surface area contributed by atoms with Crippen LogP contribution < -0.4 is 10.5 Å². The Morgan fingerprint density at radius 1 is 1.19 bits per heavy atom. The maximum atomic E-state index is 13.1. The fourth-order valence-electron chi connectivity index (χ4n) is 3.87. The zero-order valence-electron chi connectivity index (χ0n) is 17.9. The van der Waals surface area contributed by atoms with Crippen LogP contribution in [-0.2, 0) is 23.8 Å². The largest absolute Gasteiger partial charge is 0.573 e. The fraction of sp³-hybridized carbons (Fsp3) is 0.455. The van der Waals surface area contributed by atoms with Gasteiger partial charge in [-0.3, -0.25) is 4.79 Å². The van der Waals surface area contributed by atoms with Crippen molar-refractivity contribution in [3.8, 4) is 5.75 Å². The third-order valence-electron chi connectivity index (χ3n) is 5.14. The van der Waals surface area contributed by atoms with E-state index in [0.717, 1.165) is 12.1 Å². The average Bonchev–Trinajstić information content (AvgIpc) is 2.65. The predicted molar refractivity (Wildman–Crippen MR) is 106 cm³/mol. The molecule has 2 N–H and O–H groups in total. The van der Waals surface area contributed by atoms with Crippen LogP contribution in [0.15, 0.2) is 47.1 Å². The van der Waals surface area contributed by atoms with E-state index in [9.17, 15) is 22.8 Å². The molecule has 10 heteroatoms. The van der Waals surface area contributed by atoms with Gasteiger partial charge in [-0.2, -0.15) is 0 Å². The molecule has 0 saturated carbocycles. The summed E-state index contributed by atoms with van der Waals surface area (Å²) in [4.78, 5) is 25.9. The van der Waals surface area contributed by atoms with E-state index in [-0.39, 0.29) is 47.9 Å². The van der Waals surface area contributed by atoms with Gasteiger partial charge in [0.05, 0.1) is 12.5 Å². The number of Topliss-reactive ketones (excluding diaryl/α,β-unsaturated/α-hetero) is 1. The second kappa shape index (κ2) is 8.85. The summed E-state index contributed by atoms with van der Waals surface area (Å²) in [6, 6.07) is 4.93. The van der Waals surface area contributed by atoms with Gasteiger partial charge in [0.2, 0.25) is 5.88 Å². The second-order valence-electron chi connectivity index (χ2n) is 8.34. The number of rotatable bonds is 6. The van der Waals surface area contributed by atoms with Crippen molar-refractivity contribution in [3.63, 3.8) is 0 Å². The Kier molecular flexibility index (Phi) is 6.54. The summed E-state index contributed by atoms with van der Waals surface area (Å²) in [6.45, 7) is 3.91. The van der Waals surface area contributed by atoms with Crippen molar-refractivity contribution in [1.82, 2.24) is 0 Å². The van der Waals surface area contributed by atoms with Crippen LogP contribution in [0.5, 0.6) is 5.75 Å². The highest BCUT2D eigenvalue weighted by molar-refractivity contribution is 6.03. The molecule has 0 aromatic heterocycles. The van der Waals surface area contributed by atoms with E-state index < -0.39 is 24.0 Å². The Bertz CT molecular complexity index is 963. The highest BCUT2D eigenvalue weighted by Gasteiger charge is 2.45. The first-order valence-electron chi connectivity index (χ1n) is 9.87. The lowest BCUT2D eigenvalue weighted by Crippen LogP contribution is -2.35. The highest BCUT2D eigenvalue weighted by Crippen LogP contribution is 2.48. The number of carbonyl (C=O) groups is 2. The van der Waals surface area contributed by atoms with Gasteiger partial charge in [-0.1, -0.05) is 26.0 Å². The third kappa shape index (κ3) is 5.24. The van der Waals surface area contributed by atoms with E-state index >= 15 is 0 Å². The number of methoxy groups -OCH3 is 1. The van der Waals surface area contributed by atoms with Crippen molar-refractivity contribution in [2.45, 2.75) is 39.0 Å². The number of esters is 1. The fourth-order valence-corrected chi connectivity index (χ4v) is 3.87. The number of alkyl halides is 3. The number of ketones is 1. The monoisotopic (exact) mass is 455 g/mol. The molecule has 32 heavy (non-hydrogen) atoms. The number of allylic oxidation sites excluding steroid dienone is 2. The van der Waals surface area contributed by atoms with Gasteiger partial charge in [0.1, 0.15) is 23.7 Å². The minimum atomic E-state index is -4.85. The van der Waals surface area contributed by atoms with Gasteiger partial charge in [0.25, 0.3) is 0 Å². The second-order valence-corrected chi connectivity index (χ2v) is 8.34. The first-order chi connectivity index (χ1) is 14.9. The molecular weight excluding hydrogens is 431 g/mol. The molecule has 1 unspecified atom stereocenters. The van der Waals surface area contributed by atoms with Crippen LogP contribution in [0.3, 0.4) is 0 Å². The summed E-state index contributed by atoms with van der Waals surface area (Å²) in [5, 5.41) is 0. The molecule has 0 spiro atoms. The molecule has 0 saturated heterocycles. The first-order valence-corrected chi connectivity index (χ1v) is 9.87. The van der Waals surface area contributed by atoms with Crippen molar-refractivity contribution in [1.29, 1.82) is 0 Å². The van der Waals surface area contributed by atoms with E-state index in [1.54, 1.807) is 0 Å². The normalized spacial score (nSPS) is 20.6. The van der Waals surface area contributed by atoms with Gasteiger partial charge >= 0.3 is 12.3 Å². The maximum Gasteiger partial charge on any atom is 0.573 e. The van der Waals surface area contributed by atoms with Gasteiger partial charge in [-0.05, 0) is 23.1 Å². The SMILES string of the molecule is COCCOC(=O)C1=C(N)OC2=C(C(=O)CC(C)(C)C2)C1c1ccc(OC(F)(F)F)cc1. The van der Waals surface area contributed by atoms with Crippen molar-refractivity contribution >= 4 is 11.8 Å². The Morgan fingerprint density at radius 2 is 1.84 bits per heavy atom. The number of hydrogen-bond donors (Lipinski definition) is 1. The molecule has 7 nitrogen and oxygen atoms in total. The molecular formula is C22H24F3NO6. The molecule has 2 aliphatic rings. The van der Waals surface area contributed by atoms with E-state index in [1.165, 1.54) is 19.2 Å². The van der Waals surface area contributed by atoms with Crippen LogP contribution in [-0.4, -0.2) is 38.4 Å². The number of carbonyl (C=O) groups excluding carboxylic acids is 2. The number of benzene rings is 1. The van der Waals surface area contributed by atoms with Crippen LogP contribution in [0.1, 0.15) is 38.2 Å². The van der Waals surface area contributed by atoms with Gasteiger partial charge < -0.3 is 24.7 Å². The van der Waals surface area contributed by atoms with Crippen molar-refractivity contribution in [2.24, 2.45) is 11.1 Å². The summed E-state index contributed by atoms with van der Waals surface area (Å²) >= 11 is 0. The average molecular weight is 455 g/mol. The van der Waals surface area contributed by atoms with Crippen molar-refractivity contribution < 1.29 is 41.7 Å². The van der Waals surface area contributed by atoms with Crippen molar-refractivity contribution in [2.75, 3.05) is 20.3 Å². The molecule has 1 atom stereocenters. The minimum Gasteiger partial charge on any atom is -0.460 e. The Labute approximate surface area is 182 Å². The standard InChI is InChI=1S/C22H24F3NO6/c1-21(2)10-14(27)17-15(11-21)31-19(26)18(20(28)30-9-8-29-3)16(17)12-4-6-13(7-5-12)32-22(23,24)25/h4-7,16H,8-11,26H2,1-3H3. The number of hydrogen-bond acceptors (Lipinski definition) is 7. The lowest BCUT2D eigenvalue weighted by Gasteiger charge is -2.38. The Hall–Kier alpha value is -3.01. The van der Waals surface area contributed by atoms with Crippen LogP contribution in [0.25, 0.3) is 0 Å². The van der Waals surface area contributed by atoms with Gasteiger partial charge in [0.15, 0.2) is 5.78 Å². The first kappa shape index (κ1) is 23.6. The molecule has 1 aliphatic heterocycles. The molecule has 0 radical (unpaired) electrons. The molecule has 1 aromatic carbocycles. The maximum absolute atomic E-state index is 13.1. The quantitative estimate of drug-likeness (QED) is 0.516. The van der Waals surface area contributed by atoms with Gasteiger partial charge in [0, 0.05) is 25.5 Å². The van der Waals surface area contributed by atoms with Crippen LogP contribution in [0.2, 0.25) is 0 Å². The summed E-state index contributed by atoms with van der Waals surface area (Å²) in [7, 11) is 1.44. The third-order valence-corrected chi connectivity index (χ3v) is 5.14. The number of halogens is 3. The summed E-state index contributed by atoms with van der Waals surface area (Å²) in [5.74, 6) is -2.27. The smallest absolute Gasteiger partial charge is 0.460 e. The summed E-state index contributed by atoms with van der Waals surface area (Å²) in [5.41, 5.74) is 6.24. The molecule has 1 aliphatic carbocycles. The lowest BCUT2D eigenvalue weighted by atomic mass is 9.70. The minimum absolute atomic E-state index is 0.0515. The Morgan fingerprint density at radius 3 is 2.44 bits per heavy atom. The predicted octanol–water partition coefficient (Wildman–Crippen LogP) is 3.70. The summed E-state index contributed by atoms with van der Waals surface area (Å²) < 4.78 is 57.2. The van der Waals surface area contributed by atoms with Crippen LogP contribution in [0, 0.1) is 5.41 Å². The molecule has 0 amide bonds. The molecule has 3 rings (SSSR count). The Balaban J connectivity index is 2.04. The lowest BCUT2D eigenvalue weighted by molar-refractivity contribution is -0.274. The van der Waals surface area contributed by atoms with Crippen LogP contribution in [0.4, 0.5) is 13.2 Å². The molecule has 0 fully saturated rings. The summed E-state index contributed by atoms with van der Waals surface area (Å²) in [6.07, 6.45) is -4.22.